The standard InChI is InChI=1S/C33H30BrN3O5S/c1-21(31(38)36-28-17-16-26(41-2)20-30(28)42-3)43-27-11-7-10-25(19-27)35-33(40)29(18-22-12-14-24(34)15-13-22)37-32(39)23-8-5-4-6-9-23/h4-21H,1-3H3,(H,35,40)(H,36,38)(H,37,39)/b29-18-. The Morgan fingerprint density at radius 3 is 2.28 bits per heavy atom. The molecule has 0 saturated carbocycles. The van der Waals surface area contributed by atoms with Crippen LogP contribution in [0.5, 0.6) is 11.5 Å². The van der Waals surface area contributed by atoms with Gasteiger partial charge in [-0.15, -0.1) is 11.8 Å². The van der Waals surface area contributed by atoms with Crippen molar-refractivity contribution in [3.63, 3.8) is 0 Å². The number of nitrogens with one attached hydrogen (secondary N) is 3. The van der Waals surface area contributed by atoms with Crippen molar-refractivity contribution < 1.29 is 23.9 Å². The van der Waals surface area contributed by atoms with E-state index in [2.05, 4.69) is 31.9 Å². The first-order valence-electron chi connectivity index (χ1n) is 13.2. The number of amides is 3. The summed E-state index contributed by atoms with van der Waals surface area (Å²) in [4.78, 5) is 40.0. The van der Waals surface area contributed by atoms with Gasteiger partial charge in [-0.2, -0.15) is 0 Å². The number of methoxy groups -OCH3 is 2. The smallest absolute Gasteiger partial charge is 0.272 e. The molecule has 4 rings (SSSR count). The van der Waals surface area contributed by atoms with Gasteiger partial charge in [0.25, 0.3) is 11.8 Å². The molecule has 0 bridgehead atoms. The Kier molecular flexibility index (Phi) is 11.0. The van der Waals surface area contributed by atoms with Gasteiger partial charge in [0.2, 0.25) is 5.91 Å². The fourth-order valence-electron chi connectivity index (χ4n) is 3.91. The second kappa shape index (κ2) is 15.1. The number of hydrogen-bond acceptors (Lipinski definition) is 6. The number of anilines is 2. The molecule has 0 spiro atoms. The number of thioether (sulfide) groups is 1. The number of halogens is 1. The summed E-state index contributed by atoms with van der Waals surface area (Å²) in [5.41, 5.74) is 2.28. The normalized spacial score (nSPS) is 11.7. The molecule has 0 heterocycles. The molecule has 10 heteroatoms. The lowest BCUT2D eigenvalue weighted by molar-refractivity contribution is -0.115. The van der Waals surface area contributed by atoms with Crippen LogP contribution in [0.2, 0.25) is 0 Å². The van der Waals surface area contributed by atoms with E-state index in [0.29, 0.717) is 28.4 Å². The van der Waals surface area contributed by atoms with E-state index in [9.17, 15) is 14.4 Å². The Bertz CT molecular complexity index is 1630. The van der Waals surface area contributed by atoms with Gasteiger partial charge >= 0.3 is 0 Å². The van der Waals surface area contributed by atoms with Crippen LogP contribution < -0.4 is 25.4 Å². The molecule has 43 heavy (non-hydrogen) atoms. The van der Waals surface area contributed by atoms with Gasteiger partial charge in [0, 0.05) is 26.7 Å². The Morgan fingerprint density at radius 1 is 0.837 bits per heavy atom. The third kappa shape index (κ3) is 8.97. The molecular weight excluding hydrogens is 630 g/mol. The van der Waals surface area contributed by atoms with Crippen LogP contribution in [0.15, 0.2) is 112 Å². The summed E-state index contributed by atoms with van der Waals surface area (Å²) in [6, 6.07) is 28.3. The molecule has 8 nitrogen and oxygen atoms in total. The van der Waals surface area contributed by atoms with Crippen LogP contribution >= 0.6 is 27.7 Å². The third-order valence-electron chi connectivity index (χ3n) is 6.15. The Labute approximate surface area is 263 Å². The molecule has 1 atom stereocenters. The third-order valence-corrected chi connectivity index (χ3v) is 7.77. The molecule has 0 aliphatic carbocycles. The summed E-state index contributed by atoms with van der Waals surface area (Å²) in [6.07, 6.45) is 1.61. The monoisotopic (exact) mass is 659 g/mol. The van der Waals surface area contributed by atoms with Gasteiger partial charge in [0.15, 0.2) is 0 Å². The second-order valence-electron chi connectivity index (χ2n) is 9.23. The maximum atomic E-state index is 13.4. The zero-order valence-corrected chi connectivity index (χ0v) is 26.1. The minimum Gasteiger partial charge on any atom is -0.497 e. The van der Waals surface area contributed by atoms with E-state index in [0.717, 1.165) is 14.9 Å². The zero-order valence-electron chi connectivity index (χ0n) is 23.7. The average Bonchev–Trinajstić information content (AvgIpc) is 3.02. The number of benzene rings is 4. The van der Waals surface area contributed by atoms with E-state index in [1.807, 2.05) is 36.4 Å². The van der Waals surface area contributed by atoms with Gasteiger partial charge in [-0.1, -0.05) is 52.3 Å². The van der Waals surface area contributed by atoms with Crippen molar-refractivity contribution in [2.75, 3.05) is 24.9 Å². The summed E-state index contributed by atoms with van der Waals surface area (Å²) < 4.78 is 11.5. The molecule has 220 valence electrons. The minimum absolute atomic E-state index is 0.0791. The number of hydrogen-bond donors (Lipinski definition) is 3. The van der Waals surface area contributed by atoms with Crippen molar-refractivity contribution >= 4 is 62.9 Å². The molecule has 3 amide bonds. The molecular formula is C33H30BrN3O5S. The predicted molar refractivity (Wildman–Crippen MR) is 175 cm³/mol. The van der Waals surface area contributed by atoms with Crippen LogP contribution in [0.1, 0.15) is 22.8 Å². The van der Waals surface area contributed by atoms with Crippen LogP contribution in [0.4, 0.5) is 11.4 Å². The summed E-state index contributed by atoms with van der Waals surface area (Å²) in [7, 11) is 3.08. The summed E-state index contributed by atoms with van der Waals surface area (Å²) in [5, 5.41) is 8.04. The van der Waals surface area contributed by atoms with Gasteiger partial charge in [-0.05, 0) is 73.2 Å². The molecule has 0 aromatic heterocycles. The predicted octanol–water partition coefficient (Wildman–Crippen LogP) is 7.00. The number of carbonyl (C=O) groups is 3. The van der Waals surface area contributed by atoms with E-state index in [4.69, 9.17) is 9.47 Å². The van der Waals surface area contributed by atoms with Crippen LogP contribution in [0.25, 0.3) is 6.08 Å². The van der Waals surface area contributed by atoms with Gasteiger partial charge in [0.1, 0.15) is 17.2 Å². The summed E-state index contributed by atoms with van der Waals surface area (Å²) >= 11 is 4.75. The molecule has 4 aromatic carbocycles. The van der Waals surface area contributed by atoms with Crippen LogP contribution in [0, 0.1) is 0 Å². The lowest BCUT2D eigenvalue weighted by atomic mass is 10.1. The highest BCUT2D eigenvalue weighted by Gasteiger charge is 2.18. The van der Waals surface area contributed by atoms with Crippen LogP contribution in [-0.4, -0.2) is 37.2 Å². The Hall–Kier alpha value is -4.54. The van der Waals surface area contributed by atoms with Crippen molar-refractivity contribution in [1.29, 1.82) is 0 Å². The molecule has 4 aromatic rings. The number of carbonyl (C=O) groups excluding carboxylic acids is 3. The topological polar surface area (TPSA) is 106 Å². The molecule has 0 aliphatic rings. The first-order valence-corrected chi connectivity index (χ1v) is 14.9. The highest BCUT2D eigenvalue weighted by Crippen LogP contribution is 2.31. The minimum atomic E-state index is -0.494. The summed E-state index contributed by atoms with van der Waals surface area (Å²) in [6.45, 7) is 1.79. The summed E-state index contributed by atoms with van der Waals surface area (Å²) in [5.74, 6) is -0.0127. The molecule has 0 fully saturated rings. The van der Waals surface area contributed by atoms with E-state index < -0.39 is 17.1 Å². The van der Waals surface area contributed by atoms with Crippen molar-refractivity contribution in [3.8, 4) is 11.5 Å². The number of rotatable bonds is 11. The van der Waals surface area contributed by atoms with Crippen LogP contribution in [-0.2, 0) is 9.59 Å². The van der Waals surface area contributed by atoms with Gasteiger partial charge < -0.3 is 25.4 Å². The van der Waals surface area contributed by atoms with E-state index in [-0.39, 0.29) is 11.6 Å². The van der Waals surface area contributed by atoms with Gasteiger partial charge in [0.05, 0.1) is 25.2 Å². The van der Waals surface area contributed by atoms with Crippen molar-refractivity contribution in [2.45, 2.75) is 17.1 Å². The van der Waals surface area contributed by atoms with Gasteiger partial charge in [-0.25, -0.2) is 0 Å². The van der Waals surface area contributed by atoms with Crippen LogP contribution in [0.3, 0.4) is 0 Å². The quantitative estimate of drug-likeness (QED) is 0.118. The van der Waals surface area contributed by atoms with Gasteiger partial charge in [-0.3, -0.25) is 14.4 Å². The molecule has 0 radical (unpaired) electrons. The first kappa shape index (κ1) is 31.4. The first-order chi connectivity index (χ1) is 20.7. The fraction of sp³-hybridized carbons (Fsp3) is 0.121. The lowest BCUT2D eigenvalue weighted by Crippen LogP contribution is -2.30. The van der Waals surface area contributed by atoms with E-state index >= 15 is 0 Å². The van der Waals surface area contributed by atoms with Crippen molar-refractivity contribution in [3.05, 3.63) is 118 Å². The Balaban J connectivity index is 1.47. The maximum Gasteiger partial charge on any atom is 0.272 e. The largest absolute Gasteiger partial charge is 0.497 e. The van der Waals surface area contributed by atoms with Crippen molar-refractivity contribution in [2.24, 2.45) is 0 Å². The van der Waals surface area contributed by atoms with E-state index in [1.165, 1.54) is 18.9 Å². The molecule has 1 unspecified atom stereocenters. The molecule has 0 aliphatic heterocycles. The maximum absolute atomic E-state index is 13.4. The zero-order chi connectivity index (χ0) is 30.8. The van der Waals surface area contributed by atoms with Crippen molar-refractivity contribution in [1.82, 2.24) is 5.32 Å². The SMILES string of the molecule is COc1ccc(NC(=O)C(C)Sc2cccc(NC(=O)/C(=C/c3ccc(Br)cc3)NC(=O)c3ccccc3)c2)c(OC)c1. The fourth-order valence-corrected chi connectivity index (χ4v) is 5.10. The second-order valence-corrected chi connectivity index (χ2v) is 11.6. The molecule has 0 saturated heterocycles. The average molecular weight is 661 g/mol. The molecule has 3 N–H and O–H groups in total. The highest BCUT2D eigenvalue weighted by atomic mass is 79.9. The number of ether oxygens (including phenoxy) is 2. The highest BCUT2D eigenvalue weighted by molar-refractivity contribution is 9.10. The van der Waals surface area contributed by atoms with E-state index in [1.54, 1.807) is 80.8 Å². The Morgan fingerprint density at radius 2 is 1.58 bits per heavy atom. The lowest BCUT2D eigenvalue weighted by Gasteiger charge is -2.16.